The largest absolute Gasteiger partial charge is 0.489 e. The molecular weight excluding hydrogens is 298 g/mol. The second kappa shape index (κ2) is 6.79. The average Bonchev–Trinajstić information content (AvgIpc) is 3.34. The minimum Gasteiger partial charge on any atom is -0.489 e. The number of hydrogen-bond donors (Lipinski definition) is 0. The monoisotopic (exact) mass is 319 g/mol. The normalized spacial score (nSPS) is 14.1. The van der Waals surface area contributed by atoms with Crippen LogP contribution in [0.3, 0.4) is 0 Å². The number of ether oxygens (including phenoxy) is 1. The molecule has 4 nitrogen and oxygen atoms in total. The Hall–Kier alpha value is -2.75. The molecule has 2 heterocycles. The summed E-state index contributed by atoms with van der Waals surface area (Å²) < 4.78 is 7.75. The van der Waals surface area contributed by atoms with Gasteiger partial charge in [-0.2, -0.15) is 5.10 Å². The first-order valence-electron chi connectivity index (χ1n) is 8.45. The van der Waals surface area contributed by atoms with Crippen LogP contribution in [0.4, 0.5) is 5.69 Å². The van der Waals surface area contributed by atoms with Crippen molar-refractivity contribution in [2.75, 3.05) is 18.0 Å². The lowest BCUT2D eigenvalue weighted by Crippen LogP contribution is -2.17. The molecule has 1 aliphatic rings. The molecule has 0 amide bonds. The summed E-state index contributed by atoms with van der Waals surface area (Å²) in [5, 5.41) is 4.23. The Labute approximate surface area is 142 Å². The zero-order valence-corrected chi connectivity index (χ0v) is 13.6. The molecule has 0 bridgehead atoms. The van der Waals surface area contributed by atoms with Gasteiger partial charge in [-0.25, -0.2) is 4.68 Å². The Morgan fingerprint density at radius 3 is 2.25 bits per heavy atom. The van der Waals surface area contributed by atoms with Crippen LogP contribution in [0, 0.1) is 0 Å². The van der Waals surface area contributed by atoms with Gasteiger partial charge in [-0.1, -0.05) is 12.1 Å². The van der Waals surface area contributed by atoms with Gasteiger partial charge in [-0.05, 0) is 60.9 Å². The van der Waals surface area contributed by atoms with Gasteiger partial charge in [0.1, 0.15) is 12.4 Å². The van der Waals surface area contributed by atoms with Gasteiger partial charge in [0.25, 0.3) is 0 Å². The molecule has 122 valence electrons. The third-order valence-electron chi connectivity index (χ3n) is 4.42. The van der Waals surface area contributed by atoms with E-state index in [-0.39, 0.29) is 0 Å². The van der Waals surface area contributed by atoms with Crippen LogP contribution in [0.2, 0.25) is 0 Å². The van der Waals surface area contributed by atoms with E-state index in [0.717, 1.165) is 17.0 Å². The predicted octanol–water partition coefficient (Wildman–Crippen LogP) is 4.05. The lowest BCUT2D eigenvalue weighted by atomic mass is 10.2. The van der Waals surface area contributed by atoms with Crippen LogP contribution in [0.15, 0.2) is 67.0 Å². The van der Waals surface area contributed by atoms with Crippen LogP contribution >= 0.6 is 0 Å². The van der Waals surface area contributed by atoms with Gasteiger partial charge in [-0.15, -0.1) is 0 Å². The molecule has 4 rings (SSSR count). The maximum absolute atomic E-state index is 5.90. The molecular formula is C20H21N3O. The molecule has 0 aliphatic carbocycles. The second-order valence-electron chi connectivity index (χ2n) is 6.09. The Balaban J connectivity index is 1.36. The number of anilines is 1. The van der Waals surface area contributed by atoms with Crippen molar-refractivity contribution in [3.05, 3.63) is 72.6 Å². The summed E-state index contributed by atoms with van der Waals surface area (Å²) in [7, 11) is 0. The Morgan fingerprint density at radius 1 is 0.875 bits per heavy atom. The Morgan fingerprint density at radius 2 is 1.58 bits per heavy atom. The summed E-state index contributed by atoms with van der Waals surface area (Å²) in [5.74, 6) is 0.911. The number of nitrogens with zero attached hydrogens (tertiary/aromatic N) is 3. The minimum atomic E-state index is 0.572. The summed E-state index contributed by atoms with van der Waals surface area (Å²) >= 11 is 0. The lowest BCUT2D eigenvalue weighted by Gasteiger charge is -2.17. The van der Waals surface area contributed by atoms with Gasteiger partial charge in [0.2, 0.25) is 0 Å². The SMILES string of the molecule is c1cnn(-c2ccc(COc3ccc(N4CCCC4)cc3)cc2)c1. The number of hydrogen-bond acceptors (Lipinski definition) is 3. The van der Waals surface area contributed by atoms with Crippen LogP contribution < -0.4 is 9.64 Å². The third-order valence-corrected chi connectivity index (χ3v) is 4.42. The Kier molecular flexibility index (Phi) is 4.19. The molecule has 0 radical (unpaired) electrons. The molecule has 0 N–H and O–H groups in total. The molecule has 3 aromatic rings. The van der Waals surface area contributed by atoms with E-state index >= 15 is 0 Å². The molecule has 1 aliphatic heterocycles. The van der Waals surface area contributed by atoms with Crippen LogP contribution in [-0.4, -0.2) is 22.9 Å². The van der Waals surface area contributed by atoms with Crippen molar-refractivity contribution < 1.29 is 4.74 Å². The van der Waals surface area contributed by atoms with Gasteiger partial charge in [0, 0.05) is 31.2 Å². The quantitative estimate of drug-likeness (QED) is 0.710. The van der Waals surface area contributed by atoms with Crippen molar-refractivity contribution in [1.29, 1.82) is 0 Å². The van der Waals surface area contributed by atoms with Gasteiger partial charge in [0.05, 0.1) is 5.69 Å². The van der Waals surface area contributed by atoms with Crippen molar-refractivity contribution in [1.82, 2.24) is 9.78 Å². The first kappa shape index (κ1) is 14.8. The Bertz CT molecular complexity index is 758. The fourth-order valence-corrected chi connectivity index (χ4v) is 3.06. The summed E-state index contributed by atoms with van der Waals surface area (Å²) in [6, 6.07) is 18.6. The molecule has 24 heavy (non-hydrogen) atoms. The molecule has 0 spiro atoms. The molecule has 0 unspecified atom stereocenters. The van der Waals surface area contributed by atoms with Gasteiger partial charge in [-0.3, -0.25) is 0 Å². The second-order valence-corrected chi connectivity index (χ2v) is 6.09. The molecule has 1 saturated heterocycles. The van der Waals surface area contributed by atoms with E-state index < -0.39 is 0 Å². The van der Waals surface area contributed by atoms with Crippen molar-refractivity contribution in [2.45, 2.75) is 19.4 Å². The van der Waals surface area contributed by atoms with Crippen molar-refractivity contribution >= 4 is 5.69 Å². The van der Waals surface area contributed by atoms with Gasteiger partial charge < -0.3 is 9.64 Å². The molecule has 0 saturated carbocycles. The zero-order chi connectivity index (χ0) is 16.2. The van der Waals surface area contributed by atoms with Crippen LogP contribution in [0.1, 0.15) is 18.4 Å². The van der Waals surface area contributed by atoms with Crippen LogP contribution in [-0.2, 0) is 6.61 Å². The highest BCUT2D eigenvalue weighted by Gasteiger charge is 2.11. The van der Waals surface area contributed by atoms with E-state index in [2.05, 4.69) is 58.5 Å². The van der Waals surface area contributed by atoms with E-state index in [0.29, 0.717) is 6.61 Å². The highest BCUT2D eigenvalue weighted by molar-refractivity contribution is 5.49. The fourth-order valence-electron chi connectivity index (χ4n) is 3.06. The standard InChI is InChI=1S/C20H21N3O/c1-2-14-22(13-1)18-8-10-20(11-9-18)24-16-17-4-6-19(7-5-17)23-15-3-12-21-23/h3-12,15H,1-2,13-14,16H2. The number of rotatable bonds is 5. The number of aromatic nitrogens is 2. The first-order chi connectivity index (χ1) is 11.9. The smallest absolute Gasteiger partial charge is 0.119 e. The first-order valence-corrected chi connectivity index (χ1v) is 8.45. The van der Waals surface area contributed by atoms with Crippen molar-refractivity contribution in [3.63, 3.8) is 0 Å². The maximum Gasteiger partial charge on any atom is 0.119 e. The van der Waals surface area contributed by atoms with E-state index in [4.69, 9.17) is 4.74 Å². The van der Waals surface area contributed by atoms with E-state index in [1.165, 1.54) is 31.6 Å². The van der Waals surface area contributed by atoms with Crippen LogP contribution in [0.25, 0.3) is 5.69 Å². The predicted molar refractivity (Wildman–Crippen MR) is 95.8 cm³/mol. The lowest BCUT2D eigenvalue weighted by molar-refractivity contribution is 0.306. The molecule has 4 heteroatoms. The van der Waals surface area contributed by atoms with E-state index in [1.54, 1.807) is 6.20 Å². The molecule has 1 fully saturated rings. The topological polar surface area (TPSA) is 30.3 Å². The van der Waals surface area contributed by atoms with E-state index in [9.17, 15) is 0 Å². The summed E-state index contributed by atoms with van der Waals surface area (Å²) in [6.07, 6.45) is 6.32. The van der Waals surface area contributed by atoms with Crippen LogP contribution in [0.5, 0.6) is 5.75 Å². The summed E-state index contributed by atoms with van der Waals surface area (Å²) in [6.45, 7) is 2.91. The summed E-state index contributed by atoms with van der Waals surface area (Å²) in [4.78, 5) is 2.43. The third kappa shape index (κ3) is 3.27. The highest BCUT2D eigenvalue weighted by Crippen LogP contribution is 2.23. The highest BCUT2D eigenvalue weighted by atomic mass is 16.5. The van der Waals surface area contributed by atoms with E-state index in [1.807, 2.05) is 16.9 Å². The number of benzene rings is 2. The maximum atomic E-state index is 5.90. The molecule has 1 aromatic heterocycles. The molecule has 2 aromatic carbocycles. The van der Waals surface area contributed by atoms with Crippen molar-refractivity contribution in [2.24, 2.45) is 0 Å². The summed E-state index contributed by atoms with van der Waals surface area (Å²) in [5.41, 5.74) is 3.50. The zero-order valence-electron chi connectivity index (χ0n) is 13.6. The van der Waals surface area contributed by atoms with Crippen molar-refractivity contribution in [3.8, 4) is 11.4 Å². The molecule has 0 atom stereocenters. The fraction of sp³-hybridized carbons (Fsp3) is 0.250. The average molecular weight is 319 g/mol. The van der Waals surface area contributed by atoms with Gasteiger partial charge in [0.15, 0.2) is 0 Å². The minimum absolute atomic E-state index is 0.572. The van der Waals surface area contributed by atoms with Gasteiger partial charge >= 0.3 is 0 Å².